The van der Waals surface area contributed by atoms with E-state index in [1.54, 1.807) is 0 Å². The number of hydrogen-bond donors (Lipinski definition) is 3. The average Bonchev–Trinajstić information content (AvgIpc) is 3.02. The van der Waals surface area contributed by atoms with Gasteiger partial charge in [-0.2, -0.15) is 15.3 Å². The minimum absolute atomic E-state index is 0.0337. The highest BCUT2D eigenvalue weighted by molar-refractivity contribution is 5.95. The first kappa shape index (κ1) is 21.9. The van der Waals surface area contributed by atoms with Gasteiger partial charge in [0.1, 0.15) is 6.04 Å². The molecule has 3 saturated carbocycles. The van der Waals surface area contributed by atoms with E-state index >= 15 is 0 Å². The van der Waals surface area contributed by atoms with E-state index in [1.807, 2.05) is 30.3 Å². The van der Waals surface area contributed by atoms with Gasteiger partial charge >= 0.3 is 0 Å². The van der Waals surface area contributed by atoms with Crippen molar-refractivity contribution in [2.75, 3.05) is 0 Å². The van der Waals surface area contributed by atoms with E-state index in [2.05, 4.69) is 15.3 Å². The second-order valence-corrected chi connectivity index (χ2v) is 9.86. The molecule has 0 heterocycles. The molecular formula is C24H34N6O. The highest BCUT2D eigenvalue weighted by Crippen LogP contribution is 2.60. The first-order valence-electron chi connectivity index (χ1n) is 11.8. The molecule has 3 aliphatic rings. The molecule has 0 radical (unpaired) electrons. The second-order valence-electron chi connectivity index (χ2n) is 9.86. The van der Waals surface area contributed by atoms with Gasteiger partial charge in [0, 0.05) is 11.3 Å². The summed E-state index contributed by atoms with van der Waals surface area (Å²) in [5, 5.41) is 11.7. The standard InChI is InChI=1S/C24H34N6O/c25-28-20-19(17-9-5-4-6-10-17)23(22(31)21(20)29-26)13-15-24(30-27,16-14-23)18-11-7-2-1-3-8-12-18/h4-6,9-10,18-21,25-27H,1-3,7-8,11-16H2. The molecule has 31 heavy (non-hydrogen) atoms. The van der Waals surface area contributed by atoms with Crippen LogP contribution in [0.15, 0.2) is 45.7 Å². The lowest BCUT2D eigenvalue weighted by molar-refractivity contribution is -0.130. The first-order valence-corrected chi connectivity index (χ1v) is 11.8. The van der Waals surface area contributed by atoms with Gasteiger partial charge in [0.25, 0.3) is 0 Å². The van der Waals surface area contributed by atoms with Crippen LogP contribution < -0.4 is 0 Å². The highest BCUT2D eigenvalue weighted by Gasteiger charge is 2.63. The minimum atomic E-state index is -0.871. The topological polar surface area (TPSA) is 126 Å². The fraction of sp³-hybridized carbons (Fsp3) is 0.708. The van der Waals surface area contributed by atoms with Crippen LogP contribution in [-0.2, 0) is 4.79 Å². The van der Waals surface area contributed by atoms with Crippen LogP contribution in [0, 0.1) is 27.9 Å². The summed E-state index contributed by atoms with van der Waals surface area (Å²) in [6.07, 6.45) is 11.2. The Hall–Kier alpha value is -2.31. The number of ketones is 1. The number of hydrogen-bond acceptors (Lipinski definition) is 7. The Morgan fingerprint density at radius 2 is 1.42 bits per heavy atom. The van der Waals surface area contributed by atoms with Crippen molar-refractivity contribution in [3.8, 4) is 0 Å². The SMILES string of the molecule is N=NC1C(=O)C2(CCC(N=N)(C3CCCCCCC3)CC2)C(c2ccccc2)C1N=N. The number of carbonyl (C=O) groups excluding carboxylic acids is 1. The van der Waals surface area contributed by atoms with Gasteiger partial charge in [-0.25, -0.2) is 16.6 Å². The zero-order chi connectivity index (χ0) is 21.9. The van der Waals surface area contributed by atoms with Gasteiger partial charge < -0.3 is 0 Å². The summed E-state index contributed by atoms with van der Waals surface area (Å²) in [4.78, 5) is 13.6. The van der Waals surface area contributed by atoms with Crippen LogP contribution in [0.25, 0.3) is 0 Å². The number of rotatable bonds is 5. The van der Waals surface area contributed by atoms with Crippen molar-refractivity contribution in [1.29, 1.82) is 16.6 Å². The van der Waals surface area contributed by atoms with Crippen molar-refractivity contribution < 1.29 is 4.79 Å². The van der Waals surface area contributed by atoms with Crippen LogP contribution in [-0.4, -0.2) is 23.4 Å². The van der Waals surface area contributed by atoms with Crippen LogP contribution in [0.3, 0.4) is 0 Å². The Kier molecular flexibility index (Phi) is 6.39. The van der Waals surface area contributed by atoms with Crippen molar-refractivity contribution in [2.24, 2.45) is 26.7 Å². The van der Waals surface area contributed by atoms with Crippen molar-refractivity contribution >= 4 is 5.78 Å². The molecule has 0 aliphatic heterocycles. The lowest BCUT2D eigenvalue weighted by atomic mass is 9.57. The highest BCUT2D eigenvalue weighted by atomic mass is 16.1. The molecule has 3 N–H and O–H groups in total. The lowest BCUT2D eigenvalue weighted by Gasteiger charge is -2.47. The van der Waals surface area contributed by atoms with Crippen molar-refractivity contribution in [1.82, 2.24) is 0 Å². The van der Waals surface area contributed by atoms with E-state index in [1.165, 1.54) is 32.1 Å². The molecule has 1 spiro atoms. The summed E-state index contributed by atoms with van der Waals surface area (Å²) >= 11 is 0. The molecule has 4 rings (SSSR count). The number of Topliss-reactive ketones (excluding diaryl/α,β-unsaturated/α-hetero) is 1. The Morgan fingerprint density at radius 1 is 0.806 bits per heavy atom. The molecule has 1 aromatic carbocycles. The summed E-state index contributed by atoms with van der Waals surface area (Å²) in [5.41, 5.74) is 23.6. The van der Waals surface area contributed by atoms with Gasteiger partial charge in [0.15, 0.2) is 11.8 Å². The number of benzene rings is 1. The van der Waals surface area contributed by atoms with E-state index in [9.17, 15) is 4.79 Å². The molecular weight excluding hydrogens is 388 g/mol. The third-order valence-electron chi connectivity index (χ3n) is 8.56. The maximum atomic E-state index is 13.6. The van der Waals surface area contributed by atoms with Gasteiger partial charge in [-0.3, -0.25) is 4.79 Å². The van der Waals surface area contributed by atoms with Crippen LogP contribution in [0.1, 0.15) is 82.1 Å². The molecule has 3 atom stereocenters. The summed E-state index contributed by atoms with van der Waals surface area (Å²) in [7, 11) is 0. The molecule has 0 saturated heterocycles. The Bertz CT molecular complexity index is 809. The molecule has 7 nitrogen and oxygen atoms in total. The normalized spacial score (nSPS) is 37.2. The van der Waals surface area contributed by atoms with Crippen LogP contribution >= 0.6 is 0 Å². The molecule has 0 aromatic heterocycles. The van der Waals surface area contributed by atoms with Gasteiger partial charge in [0.2, 0.25) is 0 Å². The minimum Gasteiger partial charge on any atom is -0.296 e. The summed E-state index contributed by atoms with van der Waals surface area (Å²) in [5.74, 6) is 0.148. The van der Waals surface area contributed by atoms with E-state index in [0.29, 0.717) is 18.8 Å². The number of nitrogens with zero attached hydrogens (tertiary/aromatic N) is 3. The molecule has 7 heteroatoms. The largest absolute Gasteiger partial charge is 0.296 e. The molecule has 0 bridgehead atoms. The molecule has 0 amide bonds. The predicted octanol–water partition coefficient (Wildman–Crippen LogP) is 6.84. The van der Waals surface area contributed by atoms with Crippen molar-refractivity contribution in [3.63, 3.8) is 0 Å². The zero-order valence-electron chi connectivity index (χ0n) is 18.2. The summed E-state index contributed by atoms with van der Waals surface area (Å²) < 4.78 is 0. The molecule has 3 unspecified atom stereocenters. The van der Waals surface area contributed by atoms with Crippen LogP contribution in [0.5, 0.6) is 0 Å². The van der Waals surface area contributed by atoms with Gasteiger partial charge in [-0.1, -0.05) is 62.4 Å². The Labute approximate surface area is 184 Å². The second kappa shape index (κ2) is 9.05. The van der Waals surface area contributed by atoms with E-state index in [0.717, 1.165) is 31.2 Å². The Balaban J connectivity index is 1.66. The maximum Gasteiger partial charge on any atom is 0.168 e. The lowest BCUT2D eigenvalue weighted by Crippen LogP contribution is -2.47. The summed E-state index contributed by atoms with van der Waals surface area (Å²) in [6, 6.07) is 8.40. The molecule has 166 valence electrons. The first-order chi connectivity index (χ1) is 15.1. The number of nitrogens with one attached hydrogen (secondary N) is 3. The monoisotopic (exact) mass is 422 g/mol. The van der Waals surface area contributed by atoms with E-state index < -0.39 is 17.5 Å². The smallest absolute Gasteiger partial charge is 0.168 e. The molecule has 3 aliphatic carbocycles. The maximum absolute atomic E-state index is 13.6. The van der Waals surface area contributed by atoms with Gasteiger partial charge in [-0.15, -0.1) is 0 Å². The fourth-order valence-corrected chi connectivity index (χ4v) is 6.86. The quantitative estimate of drug-likeness (QED) is 0.441. The third kappa shape index (κ3) is 3.66. The molecule has 3 fully saturated rings. The molecule has 1 aromatic rings. The van der Waals surface area contributed by atoms with E-state index in [4.69, 9.17) is 16.6 Å². The average molecular weight is 423 g/mol. The van der Waals surface area contributed by atoms with Crippen molar-refractivity contribution in [2.45, 2.75) is 94.2 Å². The van der Waals surface area contributed by atoms with Crippen LogP contribution in [0.2, 0.25) is 0 Å². The fourth-order valence-electron chi connectivity index (χ4n) is 6.86. The van der Waals surface area contributed by atoms with Crippen molar-refractivity contribution in [3.05, 3.63) is 35.9 Å². The van der Waals surface area contributed by atoms with Gasteiger partial charge in [-0.05, 0) is 50.0 Å². The predicted molar refractivity (Wildman–Crippen MR) is 117 cm³/mol. The third-order valence-corrected chi connectivity index (χ3v) is 8.56. The zero-order valence-corrected chi connectivity index (χ0v) is 18.2. The van der Waals surface area contributed by atoms with Gasteiger partial charge in [0.05, 0.1) is 5.54 Å². The Morgan fingerprint density at radius 3 is 1.97 bits per heavy atom. The number of carbonyl (C=O) groups is 1. The van der Waals surface area contributed by atoms with Crippen LogP contribution in [0.4, 0.5) is 0 Å². The summed E-state index contributed by atoms with van der Waals surface area (Å²) in [6.45, 7) is 0. The van der Waals surface area contributed by atoms with E-state index in [-0.39, 0.29) is 17.2 Å².